The van der Waals surface area contributed by atoms with Gasteiger partial charge in [0.05, 0.1) is 0 Å². The molecular formula is C23H35NO5S. The number of thioether (sulfide) groups is 1. The van der Waals surface area contributed by atoms with Gasteiger partial charge in [0.25, 0.3) is 0 Å². The van der Waals surface area contributed by atoms with Crippen molar-refractivity contribution in [2.45, 2.75) is 90.2 Å². The number of phenols is 1. The van der Waals surface area contributed by atoms with E-state index in [1.54, 1.807) is 20.8 Å². The molecule has 2 rings (SSSR count). The molecule has 1 amide bonds. The average molecular weight is 438 g/mol. The number of nitrogens with zero attached hydrogens (tertiary/aromatic N) is 1. The first-order valence-electron chi connectivity index (χ1n) is 10.2. The fourth-order valence-corrected chi connectivity index (χ4v) is 4.82. The number of amides is 1. The van der Waals surface area contributed by atoms with Gasteiger partial charge in [0, 0.05) is 5.75 Å². The summed E-state index contributed by atoms with van der Waals surface area (Å²) in [5.41, 5.74) is 0.947. The molecule has 1 unspecified atom stereocenters. The summed E-state index contributed by atoms with van der Waals surface area (Å²) in [5.74, 6) is -0.530. The second-order valence-electron chi connectivity index (χ2n) is 10.9. The zero-order valence-electron chi connectivity index (χ0n) is 19.5. The molecule has 7 heteroatoms. The number of hydrogen-bond donors (Lipinski definition) is 2. The van der Waals surface area contributed by atoms with E-state index < -0.39 is 29.1 Å². The van der Waals surface area contributed by atoms with Gasteiger partial charge in [-0.2, -0.15) is 0 Å². The van der Waals surface area contributed by atoms with E-state index in [1.807, 2.05) is 53.7 Å². The van der Waals surface area contributed by atoms with Crippen molar-refractivity contribution in [3.8, 4) is 5.75 Å². The van der Waals surface area contributed by atoms with E-state index in [2.05, 4.69) is 0 Å². The van der Waals surface area contributed by atoms with Crippen LogP contribution in [0.3, 0.4) is 0 Å². The molecule has 0 spiro atoms. The fraction of sp³-hybridized carbons (Fsp3) is 0.652. The van der Waals surface area contributed by atoms with E-state index in [0.717, 1.165) is 16.7 Å². The first kappa shape index (κ1) is 24.4. The van der Waals surface area contributed by atoms with Gasteiger partial charge in [0.1, 0.15) is 22.8 Å². The molecule has 1 aliphatic rings. The molecule has 168 valence electrons. The van der Waals surface area contributed by atoms with Gasteiger partial charge in [0.15, 0.2) is 0 Å². The van der Waals surface area contributed by atoms with Gasteiger partial charge in [-0.1, -0.05) is 41.5 Å². The van der Waals surface area contributed by atoms with E-state index in [1.165, 1.54) is 16.7 Å². The molecule has 2 atom stereocenters. The van der Waals surface area contributed by atoms with Crippen LogP contribution in [0.25, 0.3) is 0 Å². The first-order valence-corrected chi connectivity index (χ1v) is 11.2. The molecule has 0 saturated carbocycles. The summed E-state index contributed by atoms with van der Waals surface area (Å²) >= 11 is 1.40. The van der Waals surface area contributed by atoms with E-state index >= 15 is 0 Å². The monoisotopic (exact) mass is 437 g/mol. The molecule has 1 fully saturated rings. The maximum atomic E-state index is 13.0. The molecule has 0 radical (unpaired) electrons. The average Bonchev–Trinajstić information content (AvgIpc) is 2.96. The predicted octanol–water partition coefficient (Wildman–Crippen LogP) is 5.42. The van der Waals surface area contributed by atoms with E-state index in [0.29, 0.717) is 0 Å². The number of rotatable bonds is 2. The minimum atomic E-state index is -1.05. The lowest BCUT2D eigenvalue weighted by Crippen LogP contribution is -2.45. The zero-order chi connectivity index (χ0) is 23.2. The van der Waals surface area contributed by atoms with Crippen LogP contribution in [0.1, 0.15) is 84.4 Å². The number of aromatic hydroxyl groups is 1. The number of carbonyl (C=O) groups excluding carboxylic acids is 1. The number of aliphatic carboxylic acids is 1. The van der Waals surface area contributed by atoms with Crippen LogP contribution in [0.15, 0.2) is 12.1 Å². The van der Waals surface area contributed by atoms with Crippen LogP contribution in [-0.2, 0) is 20.4 Å². The number of carboxylic acids is 1. The summed E-state index contributed by atoms with van der Waals surface area (Å²) < 4.78 is 5.53. The van der Waals surface area contributed by atoms with Gasteiger partial charge in [-0.05, 0) is 60.4 Å². The maximum absolute atomic E-state index is 13.0. The summed E-state index contributed by atoms with van der Waals surface area (Å²) in [5, 5.41) is 20.2. The van der Waals surface area contributed by atoms with Crippen LogP contribution in [0.2, 0.25) is 0 Å². The highest BCUT2D eigenvalue weighted by molar-refractivity contribution is 7.99. The van der Waals surface area contributed by atoms with Crippen LogP contribution in [0, 0.1) is 0 Å². The van der Waals surface area contributed by atoms with Crippen molar-refractivity contribution in [1.82, 2.24) is 4.90 Å². The molecule has 0 bridgehead atoms. The van der Waals surface area contributed by atoms with Crippen LogP contribution in [-0.4, -0.2) is 44.6 Å². The van der Waals surface area contributed by atoms with Crippen LogP contribution in [0.5, 0.6) is 5.75 Å². The minimum Gasteiger partial charge on any atom is -0.507 e. The van der Waals surface area contributed by atoms with Crippen LogP contribution < -0.4 is 0 Å². The smallest absolute Gasteiger partial charge is 0.412 e. The molecule has 6 nitrogen and oxygen atoms in total. The quantitative estimate of drug-likeness (QED) is 0.642. The second kappa shape index (κ2) is 7.98. The number of carboxylic acid groups (broad SMARTS) is 1. The lowest BCUT2D eigenvalue weighted by atomic mass is 9.78. The molecule has 0 aromatic heterocycles. The van der Waals surface area contributed by atoms with E-state index in [9.17, 15) is 19.8 Å². The highest BCUT2D eigenvalue weighted by Gasteiger charge is 2.45. The lowest BCUT2D eigenvalue weighted by Gasteiger charge is -2.33. The molecule has 1 aromatic carbocycles. The third-order valence-electron chi connectivity index (χ3n) is 4.92. The Morgan fingerprint density at radius 2 is 1.47 bits per heavy atom. The number of hydrogen-bond acceptors (Lipinski definition) is 5. The van der Waals surface area contributed by atoms with E-state index in [-0.39, 0.29) is 22.3 Å². The summed E-state index contributed by atoms with van der Waals surface area (Å²) in [6, 6.07) is 2.81. The summed E-state index contributed by atoms with van der Waals surface area (Å²) in [7, 11) is 0. The van der Waals surface area contributed by atoms with Crippen molar-refractivity contribution in [1.29, 1.82) is 0 Å². The van der Waals surface area contributed by atoms with Crippen molar-refractivity contribution < 1.29 is 24.5 Å². The SMILES string of the molecule is CC(C)(C)OC(=O)N1C(c2cc(C(C)(C)C)c(O)c(C(C)(C)C)c2)SC[C@H]1C(=O)O. The third kappa shape index (κ3) is 5.23. The summed E-state index contributed by atoms with van der Waals surface area (Å²) in [4.78, 5) is 26.2. The Balaban J connectivity index is 2.65. The standard InChI is InChI=1S/C23H35NO5S/c1-21(2,3)14-10-13(11-15(17(14)25)22(4,5)6)18-24(16(12-30-18)19(26)27)20(28)29-23(7,8)9/h10-11,16,18,25H,12H2,1-9H3,(H,26,27)/t16-,18?/m0/s1. The Morgan fingerprint density at radius 3 is 1.83 bits per heavy atom. The number of benzene rings is 1. The van der Waals surface area contributed by atoms with Gasteiger partial charge in [-0.15, -0.1) is 11.8 Å². The molecule has 1 aliphatic heterocycles. The third-order valence-corrected chi connectivity index (χ3v) is 6.25. The number of phenolic OH excluding ortho intramolecular Hbond substituents is 1. The van der Waals surface area contributed by atoms with Gasteiger partial charge < -0.3 is 14.9 Å². The molecule has 1 saturated heterocycles. The largest absolute Gasteiger partial charge is 0.507 e. The van der Waals surface area contributed by atoms with Gasteiger partial charge in [-0.3, -0.25) is 4.90 Å². The van der Waals surface area contributed by atoms with Gasteiger partial charge >= 0.3 is 12.1 Å². The maximum Gasteiger partial charge on any atom is 0.412 e. The summed E-state index contributed by atoms with van der Waals surface area (Å²) in [6.45, 7) is 17.4. The minimum absolute atomic E-state index is 0.250. The zero-order valence-corrected chi connectivity index (χ0v) is 20.3. The molecular weight excluding hydrogens is 402 g/mol. The Bertz CT molecular complexity index is 794. The molecule has 0 aliphatic carbocycles. The van der Waals surface area contributed by atoms with E-state index in [4.69, 9.17) is 4.74 Å². The Kier molecular flexibility index (Phi) is 6.49. The van der Waals surface area contributed by atoms with Crippen molar-refractivity contribution in [2.75, 3.05) is 5.75 Å². The number of ether oxygens (including phenoxy) is 1. The Labute approximate surface area is 184 Å². The lowest BCUT2D eigenvalue weighted by molar-refractivity contribution is -0.142. The molecule has 1 aromatic rings. The second-order valence-corrected chi connectivity index (χ2v) is 12.0. The summed E-state index contributed by atoms with van der Waals surface area (Å²) in [6.07, 6.45) is -0.646. The molecule has 2 N–H and O–H groups in total. The van der Waals surface area contributed by atoms with Gasteiger partial charge in [0.2, 0.25) is 0 Å². The van der Waals surface area contributed by atoms with Crippen molar-refractivity contribution in [3.05, 3.63) is 28.8 Å². The predicted molar refractivity (Wildman–Crippen MR) is 120 cm³/mol. The van der Waals surface area contributed by atoms with Crippen molar-refractivity contribution in [3.63, 3.8) is 0 Å². The van der Waals surface area contributed by atoms with Crippen LogP contribution in [0.4, 0.5) is 4.79 Å². The Morgan fingerprint density at radius 1 is 1.00 bits per heavy atom. The van der Waals surface area contributed by atoms with Gasteiger partial charge in [-0.25, -0.2) is 9.59 Å². The van der Waals surface area contributed by atoms with Crippen molar-refractivity contribution >= 4 is 23.8 Å². The van der Waals surface area contributed by atoms with Crippen molar-refractivity contribution in [2.24, 2.45) is 0 Å². The normalized spacial score (nSPS) is 20.4. The Hall–Kier alpha value is -1.89. The highest BCUT2D eigenvalue weighted by Crippen LogP contribution is 2.47. The number of carbonyl (C=O) groups is 2. The fourth-order valence-electron chi connectivity index (χ4n) is 3.43. The molecule has 1 heterocycles. The molecule has 30 heavy (non-hydrogen) atoms. The van der Waals surface area contributed by atoms with Crippen LogP contribution >= 0.6 is 11.8 Å². The highest BCUT2D eigenvalue weighted by atomic mass is 32.2. The first-order chi connectivity index (χ1) is 13.4. The topological polar surface area (TPSA) is 87.1 Å².